The SMILES string of the molecule is COc1ccc(-c2nc3ccccc3n2CC(=O)N2CCCCC2)cc1. The van der Waals surface area contributed by atoms with Crippen molar-refractivity contribution in [1.29, 1.82) is 0 Å². The number of likely N-dealkylation sites (tertiary alicyclic amines) is 1. The van der Waals surface area contributed by atoms with E-state index in [9.17, 15) is 4.79 Å². The smallest absolute Gasteiger partial charge is 0.242 e. The first kappa shape index (κ1) is 16.6. The fourth-order valence-corrected chi connectivity index (χ4v) is 3.57. The molecule has 1 aliphatic rings. The molecular weight excluding hydrogens is 326 g/mol. The van der Waals surface area contributed by atoms with Gasteiger partial charge in [-0.05, 0) is 55.7 Å². The number of nitrogens with zero attached hydrogens (tertiary/aromatic N) is 3. The van der Waals surface area contributed by atoms with E-state index in [0.29, 0.717) is 6.54 Å². The Morgan fingerprint density at radius 1 is 1.04 bits per heavy atom. The first-order valence-electron chi connectivity index (χ1n) is 9.14. The number of aromatic nitrogens is 2. The van der Waals surface area contributed by atoms with Crippen LogP contribution in [0.5, 0.6) is 5.75 Å². The van der Waals surface area contributed by atoms with Crippen molar-refractivity contribution < 1.29 is 9.53 Å². The molecule has 1 aromatic heterocycles. The number of rotatable bonds is 4. The van der Waals surface area contributed by atoms with Gasteiger partial charge in [0.05, 0.1) is 18.1 Å². The van der Waals surface area contributed by atoms with Gasteiger partial charge in [-0.2, -0.15) is 0 Å². The molecule has 26 heavy (non-hydrogen) atoms. The predicted molar refractivity (Wildman–Crippen MR) is 102 cm³/mol. The van der Waals surface area contributed by atoms with Crippen LogP contribution in [0.3, 0.4) is 0 Å². The van der Waals surface area contributed by atoms with Crippen LogP contribution in [0, 0.1) is 0 Å². The highest BCUT2D eigenvalue weighted by atomic mass is 16.5. The Hall–Kier alpha value is -2.82. The van der Waals surface area contributed by atoms with Gasteiger partial charge in [0, 0.05) is 18.7 Å². The van der Waals surface area contributed by atoms with Crippen LogP contribution in [0.1, 0.15) is 19.3 Å². The molecule has 0 N–H and O–H groups in total. The van der Waals surface area contributed by atoms with Gasteiger partial charge in [-0.25, -0.2) is 4.98 Å². The highest BCUT2D eigenvalue weighted by Crippen LogP contribution is 2.26. The third-order valence-corrected chi connectivity index (χ3v) is 5.00. The number of carbonyl (C=O) groups excluding carboxylic acids is 1. The van der Waals surface area contributed by atoms with Crippen LogP contribution >= 0.6 is 0 Å². The number of methoxy groups -OCH3 is 1. The van der Waals surface area contributed by atoms with Gasteiger partial charge in [-0.1, -0.05) is 12.1 Å². The molecular formula is C21H23N3O2. The molecule has 0 spiro atoms. The molecule has 3 aromatic rings. The number of amides is 1. The van der Waals surface area contributed by atoms with E-state index in [1.54, 1.807) is 7.11 Å². The summed E-state index contributed by atoms with van der Waals surface area (Å²) in [6.45, 7) is 2.05. The second-order valence-corrected chi connectivity index (χ2v) is 6.68. The van der Waals surface area contributed by atoms with Crippen LogP contribution in [0.2, 0.25) is 0 Å². The van der Waals surface area contributed by atoms with E-state index in [2.05, 4.69) is 0 Å². The van der Waals surface area contributed by atoms with Crippen LogP contribution in [-0.4, -0.2) is 40.6 Å². The number of benzene rings is 2. The summed E-state index contributed by atoms with van der Waals surface area (Å²) in [4.78, 5) is 19.6. The van der Waals surface area contributed by atoms with Crippen molar-refractivity contribution in [2.24, 2.45) is 0 Å². The van der Waals surface area contributed by atoms with Crippen LogP contribution in [0.25, 0.3) is 22.4 Å². The molecule has 2 heterocycles. The number of para-hydroxylation sites is 2. The molecule has 2 aromatic carbocycles. The Labute approximate surface area is 153 Å². The number of ether oxygens (including phenoxy) is 1. The fraction of sp³-hybridized carbons (Fsp3) is 0.333. The van der Waals surface area contributed by atoms with E-state index in [1.165, 1.54) is 6.42 Å². The Kier molecular flexibility index (Phi) is 4.61. The molecule has 1 aliphatic heterocycles. The molecule has 1 amide bonds. The molecule has 0 bridgehead atoms. The molecule has 0 atom stereocenters. The van der Waals surface area contributed by atoms with Gasteiger partial charge in [0.25, 0.3) is 0 Å². The first-order chi connectivity index (χ1) is 12.8. The normalized spacial score (nSPS) is 14.6. The summed E-state index contributed by atoms with van der Waals surface area (Å²) >= 11 is 0. The highest BCUT2D eigenvalue weighted by molar-refractivity contribution is 5.84. The number of fused-ring (bicyclic) bond motifs is 1. The lowest BCUT2D eigenvalue weighted by atomic mass is 10.1. The van der Waals surface area contributed by atoms with Crippen molar-refractivity contribution >= 4 is 16.9 Å². The second kappa shape index (κ2) is 7.20. The predicted octanol–water partition coefficient (Wildman–Crippen LogP) is 3.72. The average Bonchev–Trinajstić information content (AvgIpc) is 3.07. The summed E-state index contributed by atoms with van der Waals surface area (Å²) in [6, 6.07) is 15.8. The topological polar surface area (TPSA) is 47.4 Å². The van der Waals surface area contributed by atoms with Crippen LogP contribution < -0.4 is 4.74 Å². The van der Waals surface area contributed by atoms with Crippen molar-refractivity contribution in [3.8, 4) is 17.1 Å². The molecule has 0 radical (unpaired) electrons. The monoisotopic (exact) mass is 349 g/mol. The van der Waals surface area contributed by atoms with Crippen LogP contribution in [0.4, 0.5) is 0 Å². The molecule has 4 rings (SSSR count). The molecule has 0 saturated carbocycles. The van der Waals surface area contributed by atoms with Crippen LogP contribution in [0.15, 0.2) is 48.5 Å². The maximum Gasteiger partial charge on any atom is 0.242 e. The van der Waals surface area contributed by atoms with Gasteiger partial charge in [0.1, 0.15) is 18.1 Å². The number of hydrogen-bond acceptors (Lipinski definition) is 3. The maximum atomic E-state index is 12.9. The minimum atomic E-state index is 0.169. The third-order valence-electron chi connectivity index (χ3n) is 5.00. The first-order valence-corrected chi connectivity index (χ1v) is 9.14. The van der Waals surface area contributed by atoms with Gasteiger partial charge in [-0.3, -0.25) is 4.79 Å². The van der Waals surface area contributed by atoms with Crippen LogP contribution in [-0.2, 0) is 11.3 Å². The summed E-state index contributed by atoms with van der Waals surface area (Å²) in [5.41, 5.74) is 2.88. The molecule has 1 fully saturated rings. The van der Waals surface area contributed by atoms with E-state index < -0.39 is 0 Å². The molecule has 134 valence electrons. The minimum absolute atomic E-state index is 0.169. The lowest BCUT2D eigenvalue weighted by molar-refractivity contribution is -0.132. The number of imidazole rings is 1. The summed E-state index contributed by atoms with van der Waals surface area (Å²) in [7, 11) is 1.65. The van der Waals surface area contributed by atoms with Crippen molar-refractivity contribution in [3.63, 3.8) is 0 Å². The Morgan fingerprint density at radius 2 is 1.77 bits per heavy atom. The number of hydrogen-bond donors (Lipinski definition) is 0. The van der Waals surface area contributed by atoms with E-state index in [1.807, 2.05) is 58.0 Å². The Morgan fingerprint density at radius 3 is 2.50 bits per heavy atom. The Balaban J connectivity index is 1.72. The number of carbonyl (C=O) groups is 1. The summed E-state index contributed by atoms with van der Waals surface area (Å²) in [5, 5.41) is 0. The van der Waals surface area contributed by atoms with Gasteiger partial charge in [0.2, 0.25) is 5.91 Å². The molecule has 5 heteroatoms. The van der Waals surface area contributed by atoms with Gasteiger partial charge < -0.3 is 14.2 Å². The maximum absolute atomic E-state index is 12.9. The Bertz CT molecular complexity index is 909. The highest BCUT2D eigenvalue weighted by Gasteiger charge is 2.20. The second-order valence-electron chi connectivity index (χ2n) is 6.68. The zero-order valence-corrected chi connectivity index (χ0v) is 15.0. The van der Waals surface area contributed by atoms with Gasteiger partial charge >= 0.3 is 0 Å². The van der Waals surface area contributed by atoms with Crippen molar-refractivity contribution in [1.82, 2.24) is 14.5 Å². The molecule has 1 saturated heterocycles. The summed E-state index contributed by atoms with van der Waals surface area (Å²) < 4.78 is 7.29. The summed E-state index contributed by atoms with van der Waals surface area (Å²) in [6.07, 6.45) is 3.42. The molecule has 5 nitrogen and oxygen atoms in total. The minimum Gasteiger partial charge on any atom is -0.497 e. The molecule has 0 aliphatic carbocycles. The lowest BCUT2D eigenvalue weighted by Gasteiger charge is -2.27. The van der Waals surface area contributed by atoms with Crippen molar-refractivity contribution in [3.05, 3.63) is 48.5 Å². The zero-order chi connectivity index (χ0) is 17.9. The lowest BCUT2D eigenvalue weighted by Crippen LogP contribution is -2.37. The van der Waals surface area contributed by atoms with E-state index in [0.717, 1.165) is 54.1 Å². The van der Waals surface area contributed by atoms with E-state index in [4.69, 9.17) is 9.72 Å². The molecule has 0 unspecified atom stereocenters. The zero-order valence-electron chi connectivity index (χ0n) is 15.0. The standard InChI is InChI=1S/C21H23N3O2/c1-26-17-11-9-16(10-12-17)21-22-18-7-3-4-8-19(18)24(21)15-20(25)23-13-5-2-6-14-23/h3-4,7-12H,2,5-6,13-15H2,1H3. The van der Waals surface area contributed by atoms with Crippen molar-refractivity contribution in [2.45, 2.75) is 25.8 Å². The largest absolute Gasteiger partial charge is 0.497 e. The van der Waals surface area contributed by atoms with Crippen molar-refractivity contribution in [2.75, 3.05) is 20.2 Å². The number of piperidine rings is 1. The van der Waals surface area contributed by atoms with E-state index in [-0.39, 0.29) is 5.91 Å². The summed E-state index contributed by atoms with van der Waals surface area (Å²) in [5.74, 6) is 1.79. The van der Waals surface area contributed by atoms with E-state index >= 15 is 0 Å². The van der Waals surface area contributed by atoms with Gasteiger partial charge in [0.15, 0.2) is 0 Å². The fourth-order valence-electron chi connectivity index (χ4n) is 3.57. The van der Waals surface area contributed by atoms with Gasteiger partial charge in [-0.15, -0.1) is 0 Å². The quantitative estimate of drug-likeness (QED) is 0.721. The average molecular weight is 349 g/mol. The third kappa shape index (κ3) is 3.17.